The van der Waals surface area contributed by atoms with Crippen LogP contribution in [0.15, 0.2) is 24.8 Å². The molecule has 0 N–H and O–H groups in total. The van der Waals surface area contributed by atoms with Gasteiger partial charge in [0.2, 0.25) is 0 Å². The van der Waals surface area contributed by atoms with Gasteiger partial charge in [0.15, 0.2) is 0 Å². The highest BCUT2D eigenvalue weighted by molar-refractivity contribution is 5.81. The predicted molar refractivity (Wildman–Crippen MR) is 87.1 cm³/mol. The van der Waals surface area contributed by atoms with Gasteiger partial charge in [0.1, 0.15) is 5.60 Å². The number of amides is 3. The summed E-state index contributed by atoms with van der Waals surface area (Å²) in [4.78, 5) is 30.6. The number of nitrogens with zero attached hydrogens (tertiary/aromatic N) is 3. The average Bonchev–Trinajstić information content (AvgIpc) is 3.23. The monoisotopic (exact) mass is 319 g/mol. The number of hydrogen-bond donors (Lipinski definition) is 0. The van der Waals surface area contributed by atoms with Gasteiger partial charge in [0, 0.05) is 26.2 Å². The number of urea groups is 1. The molecule has 3 aliphatic rings. The third-order valence-electron chi connectivity index (χ3n) is 4.49. The minimum atomic E-state index is -0.519. The van der Waals surface area contributed by atoms with E-state index >= 15 is 0 Å². The second-order valence-electron chi connectivity index (χ2n) is 7.56. The van der Waals surface area contributed by atoms with Gasteiger partial charge in [-0.15, -0.1) is 6.58 Å². The molecule has 23 heavy (non-hydrogen) atoms. The number of rotatable bonds is 3. The first kappa shape index (κ1) is 15.9. The number of piperazine rings is 1. The molecule has 0 radical (unpaired) electrons. The highest BCUT2D eigenvalue weighted by atomic mass is 16.6. The van der Waals surface area contributed by atoms with Crippen molar-refractivity contribution in [2.24, 2.45) is 0 Å². The molecular weight excluding hydrogens is 294 g/mol. The Labute approximate surface area is 137 Å². The van der Waals surface area contributed by atoms with E-state index in [1.54, 1.807) is 4.90 Å². The van der Waals surface area contributed by atoms with Crippen molar-refractivity contribution in [1.29, 1.82) is 0 Å². The first-order valence-electron chi connectivity index (χ1n) is 8.11. The standard InChI is InChI=1S/C17H25N3O3/c1-5-8-17-11-18(15(22)23-16(2,3)4)9-10-20(17)14(21)19(12-17)13-6-7-13/h5-7,13H,1,8-12H2,2-4H3. The Kier molecular flexibility index (Phi) is 3.65. The zero-order valence-corrected chi connectivity index (χ0v) is 14.1. The van der Waals surface area contributed by atoms with Crippen LogP contribution in [0.4, 0.5) is 9.59 Å². The summed E-state index contributed by atoms with van der Waals surface area (Å²) in [6.45, 7) is 11.6. The van der Waals surface area contributed by atoms with Gasteiger partial charge in [0.05, 0.1) is 11.6 Å². The first-order valence-corrected chi connectivity index (χ1v) is 8.11. The number of carbonyl (C=O) groups is 2. The molecule has 2 heterocycles. The van der Waals surface area contributed by atoms with E-state index < -0.39 is 11.1 Å². The van der Waals surface area contributed by atoms with Crippen molar-refractivity contribution in [2.45, 2.75) is 44.4 Å². The van der Waals surface area contributed by atoms with Gasteiger partial charge >= 0.3 is 12.1 Å². The molecule has 1 unspecified atom stereocenters. The van der Waals surface area contributed by atoms with Gasteiger partial charge in [0.25, 0.3) is 0 Å². The van der Waals surface area contributed by atoms with Crippen LogP contribution in [0.1, 0.15) is 27.2 Å². The Morgan fingerprint density at radius 3 is 2.65 bits per heavy atom. The summed E-state index contributed by atoms with van der Waals surface area (Å²) in [5.41, 5.74) is -0.909. The maximum absolute atomic E-state index is 12.6. The van der Waals surface area contributed by atoms with E-state index in [2.05, 4.69) is 6.58 Å². The van der Waals surface area contributed by atoms with E-state index in [0.717, 1.165) is 0 Å². The van der Waals surface area contributed by atoms with Crippen LogP contribution in [0.25, 0.3) is 0 Å². The van der Waals surface area contributed by atoms with Crippen LogP contribution in [0, 0.1) is 0 Å². The summed E-state index contributed by atoms with van der Waals surface area (Å²) in [5.74, 6) is 0. The lowest BCUT2D eigenvalue weighted by molar-refractivity contribution is -0.00247. The highest BCUT2D eigenvalue weighted by Crippen LogP contribution is 2.37. The Bertz CT molecular complexity index is 560. The third-order valence-corrected chi connectivity index (χ3v) is 4.49. The van der Waals surface area contributed by atoms with E-state index in [9.17, 15) is 9.59 Å². The lowest BCUT2D eigenvalue weighted by atomic mass is 9.91. The van der Waals surface area contributed by atoms with Crippen LogP contribution in [0.5, 0.6) is 0 Å². The van der Waals surface area contributed by atoms with Crippen molar-refractivity contribution < 1.29 is 14.3 Å². The van der Waals surface area contributed by atoms with E-state index in [-0.39, 0.29) is 18.2 Å². The van der Waals surface area contributed by atoms with E-state index in [4.69, 9.17) is 4.74 Å². The molecule has 1 atom stereocenters. The SMILES string of the molecule is C=CCC12CN(C(=O)OC(C)(C)C)CCN1C(=O)N(C1C=C1)C2. The van der Waals surface area contributed by atoms with Crippen LogP contribution in [0.2, 0.25) is 0 Å². The normalized spacial score (nSPS) is 27.3. The average molecular weight is 319 g/mol. The summed E-state index contributed by atoms with van der Waals surface area (Å²) in [5, 5.41) is 0. The van der Waals surface area contributed by atoms with Crippen molar-refractivity contribution in [1.82, 2.24) is 14.7 Å². The number of carbonyl (C=O) groups excluding carboxylic acids is 2. The second kappa shape index (κ2) is 5.28. The fraction of sp³-hybridized carbons (Fsp3) is 0.647. The zero-order valence-electron chi connectivity index (χ0n) is 14.1. The van der Waals surface area contributed by atoms with E-state index in [1.807, 2.05) is 48.8 Å². The molecule has 0 aromatic carbocycles. The van der Waals surface area contributed by atoms with Crippen molar-refractivity contribution in [2.75, 3.05) is 26.2 Å². The van der Waals surface area contributed by atoms with Crippen LogP contribution >= 0.6 is 0 Å². The van der Waals surface area contributed by atoms with Crippen molar-refractivity contribution in [3.05, 3.63) is 24.8 Å². The molecule has 0 spiro atoms. The molecule has 0 bridgehead atoms. The summed E-state index contributed by atoms with van der Waals surface area (Å²) in [7, 11) is 0. The molecule has 6 nitrogen and oxygen atoms in total. The smallest absolute Gasteiger partial charge is 0.410 e. The number of hydrogen-bond acceptors (Lipinski definition) is 3. The third kappa shape index (κ3) is 2.94. The maximum atomic E-state index is 12.6. The summed E-state index contributed by atoms with van der Waals surface area (Å²) >= 11 is 0. The van der Waals surface area contributed by atoms with E-state index in [1.165, 1.54) is 0 Å². The molecule has 3 amide bonds. The summed E-state index contributed by atoms with van der Waals surface area (Å²) < 4.78 is 5.49. The molecule has 2 fully saturated rings. The molecule has 1 aliphatic carbocycles. The predicted octanol–water partition coefficient (Wildman–Crippen LogP) is 2.23. The van der Waals surface area contributed by atoms with Crippen LogP contribution in [-0.4, -0.2) is 70.2 Å². The van der Waals surface area contributed by atoms with Crippen LogP contribution in [-0.2, 0) is 4.74 Å². The minimum absolute atomic E-state index is 0.0608. The van der Waals surface area contributed by atoms with Crippen LogP contribution < -0.4 is 0 Å². The summed E-state index contributed by atoms with van der Waals surface area (Å²) in [6, 6.07) is 0.204. The quantitative estimate of drug-likeness (QED) is 0.750. The zero-order chi connectivity index (χ0) is 16.8. The fourth-order valence-corrected chi connectivity index (χ4v) is 3.43. The second-order valence-corrected chi connectivity index (χ2v) is 7.56. The Morgan fingerprint density at radius 1 is 1.39 bits per heavy atom. The molecule has 126 valence electrons. The molecular formula is C17H25N3O3. The largest absolute Gasteiger partial charge is 0.444 e. The molecule has 0 saturated carbocycles. The number of ether oxygens (including phenoxy) is 1. The maximum Gasteiger partial charge on any atom is 0.410 e. The van der Waals surface area contributed by atoms with Crippen molar-refractivity contribution >= 4 is 12.1 Å². The Balaban J connectivity index is 1.77. The fourth-order valence-electron chi connectivity index (χ4n) is 3.43. The minimum Gasteiger partial charge on any atom is -0.444 e. The summed E-state index contributed by atoms with van der Waals surface area (Å²) in [6.07, 6.45) is 6.23. The van der Waals surface area contributed by atoms with Crippen molar-refractivity contribution in [3.8, 4) is 0 Å². The molecule has 6 heteroatoms. The van der Waals surface area contributed by atoms with Gasteiger partial charge in [-0.3, -0.25) is 0 Å². The van der Waals surface area contributed by atoms with Crippen LogP contribution in [0.3, 0.4) is 0 Å². The first-order chi connectivity index (χ1) is 10.8. The molecule has 3 rings (SSSR count). The lowest BCUT2D eigenvalue weighted by Crippen LogP contribution is -2.62. The Hall–Kier alpha value is -1.98. The molecule has 0 aromatic rings. The molecule has 2 aliphatic heterocycles. The van der Waals surface area contributed by atoms with Gasteiger partial charge in [-0.05, 0) is 27.2 Å². The highest BCUT2D eigenvalue weighted by Gasteiger charge is 2.54. The van der Waals surface area contributed by atoms with Crippen molar-refractivity contribution in [3.63, 3.8) is 0 Å². The lowest BCUT2D eigenvalue weighted by Gasteiger charge is -2.45. The van der Waals surface area contributed by atoms with Gasteiger partial charge in [-0.2, -0.15) is 0 Å². The van der Waals surface area contributed by atoms with E-state index in [0.29, 0.717) is 32.6 Å². The topological polar surface area (TPSA) is 53.1 Å². The molecule has 2 saturated heterocycles. The van der Waals surface area contributed by atoms with Gasteiger partial charge in [-0.1, -0.05) is 18.2 Å². The molecule has 0 aromatic heterocycles. The number of fused-ring (bicyclic) bond motifs is 1. The van der Waals surface area contributed by atoms with Gasteiger partial charge < -0.3 is 19.4 Å². The Morgan fingerprint density at radius 2 is 2.09 bits per heavy atom. The van der Waals surface area contributed by atoms with Gasteiger partial charge in [-0.25, -0.2) is 9.59 Å².